The molecular weight excluding hydrogens is 503 g/mol. The summed E-state index contributed by atoms with van der Waals surface area (Å²) in [5.74, 6) is 0.330. The molecule has 1 amide bonds. The fraction of sp³-hybridized carbons (Fsp3) is 0.387. The van der Waals surface area contributed by atoms with Gasteiger partial charge in [0.15, 0.2) is 0 Å². The van der Waals surface area contributed by atoms with Gasteiger partial charge >= 0.3 is 6.18 Å². The molecule has 0 unspecified atom stereocenters. The Balaban J connectivity index is 1.58. The van der Waals surface area contributed by atoms with E-state index in [1.165, 1.54) is 12.1 Å². The van der Waals surface area contributed by atoms with Gasteiger partial charge in [-0.25, -0.2) is 0 Å². The number of hydrogen-bond donors (Lipinski definition) is 3. The first-order valence-corrected chi connectivity index (χ1v) is 13.3. The van der Waals surface area contributed by atoms with E-state index in [9.17, 15) is 18.0 Å². The summed E-state index contributed by atoms with van der Waals surface area (Å²) < 4.78 is 47.7. The first-order valence-electron chi connectivity index (χ1n) is 13.3. The number of halogens is 3. The summed E-state index contributed by atoms with van der Waals surface area (Å²) in [6, 6.07) is 21.9. The number of hydrogen-bond acceptors (Lipinski definition) is 4. The van der Waals surface area contributed by atoms with Gasteiger partial charge in [-0.15, -0.1) is 0 Å². The van der Waals surface area contributed by atoms with Gasteiger partial charge in [-0.05, 0) is 54.2 Å². The van der Waals surface area contributed by atoms with Gasteiger partial charge in [0.05, 0.1) is 6.04 Å². The van der Waals surface area contributed by atoms with Gasteiger partial charge in [0, 0.05) is 18.3 Å². The largest absolute Gasteiger partial charge is 0.489 e. The first kappa shape index (κ1) is 30.0. The zero-order chi connectivity index (χ0) is 28.3. The summed E-state index contributed by atoms with van der Waals surface area (Å²) in [7, 11) is 0. The standard InChI is InChI=1S/C31H38F3N3O2/c1-4-25(20-35-26-15-17-27(18-16-26)39-21-23-11-7-5-8-12-23)36-30(38)28(19-22(2)3)37-29(31(32,33)34)24-13-9-6-10-14-24/h5-18,22,25,28-29,35,37H,4,19-21H2,1-3H3,(H,36,38)/t25-,28-,29-/m0/s1. The maximum Gasteiger partial charge on any atom is 0.407 e. The molecule has 0 radical (unpaired) electrons. The molecule has 3 aromatic carbocycles. The lowest BCUT2D eigenvalue weighted by Crippen LogP contribution is -2.52. The normalized spacial score (nSPS) is 13.9. The predicted octanol–water partition coefficient (Wildman–Crippen LogP) is 6.88. The number of nitrogens with one attached hydrogen (secondary N) is 3. The topological polar surface area (TPSA) is 62.4 Å². The van der Waals surface area contributed by atoms with Crippen LogP contribution in [-0.2, 0) is 11.4 Å². The van der Waals surface area contributed by atoms with Crippen LogP contribution >= 0.6 is 0 Å². The van der Waals surface area contributed by atoms with E-state index in [2.05, 4.69) is 16.0 Å². The van der Waals surface area contributed by atoms with E-state index in [1.807, 2.05) is 75.4 Å². The SMILES string of the molecule is CC[C@@H](CNc1ccc(OCc2ccccc2)cc1)NC(=O)[C@H](CC(C)C)N[C@@H](c1ccccc1)C(F)(F)F. The van der Waals surface area contributed by atoms with Gasteiger partial charge in [-0.2, -0.15) is 13.2 Å². The van der Waals surface area contributed by atoms with E-state index < -0.39 is 24.2 Å². The number of anilines is 1. The summed E-state index contributed by atoms with van der Waals surface area (Å²) >= 11 is 0. The van der Waals surface area contributed by atoms with Crippen LogP contribution in [0, 0.1) is 5.92 Å². The number of rotatable bonds is 14. The average molecular weight is 542 g/mol. The summed E-state index contributed by atoms with van der Waals surface area (Å²) in [4.78, 5) is 13.2. The van der Waals surface area contributed by atoms with Crippen molar-refractivity contribution >= 4 is 11.6 Å². The molecule has 0 saturated heterocycles. The molecule has 0 bridgehead atoms. The van der Waals surface area contributed by atoms with Crippen LogP contribution in [0.3, 0.4) is 0 Å². The smallest absolute Gasteiger partial charge is 0.407 e. The molecule has 5 nitrogen and oxygen atoms in total. The quantitative estimate of drug-likeness (QED) is 0.208. The highest BCUT2D eigenvalue weighted by Gasteiger charge is 2.43. The van der Waals surface area contributed by atoms with E-state index >= 15 is 0 Å². The molecule has 0 saturated carbocycles. The predicted molar refractivity (Wildman–Crippen MR) is 150 cm³/mol. The Bertz CT molecular complexity index is 1120. The molecule has 0 aliphatic carbocycles. The zero-order valence-electron chi connectivity index (χ0n) is 22.7. The molecule has 3 atom stereocenters. The highest BCUT2D eigenvalue weighted by molar-refractivity contribution is 5.82. The fourth-order valence-electron chi connectivity index (χ4n) is 4.20. The van der Waals surface area contributed by atoms with Crippen LogP contribution in [0.1, 0.15) is 50.8 Å². The molecular formula is C31H38F3N3O2. The first-order chi connectivity index (χ1) is 18.7. The van der Waals surface area contributed by atoms with Crippen LogP contribution in [-0.4, -0.2) is 30.7 Å². The summed E-state index contributed by atoms with van der Waals surface area (Å²) in [6.45, 7) is 6.61. The lowest BCUT2D eigenvalue weighted by molar-refractivity contribution is -0.161. The van der Waals surface area contributed by atoms with Crippen molar-refractivity contribution in [3.63, 3.8) is 0 Å². The third kappa shape index (κ3) is 9.94. The van der Waals surface area contributed by atoms with E-state index in [0.717, 1.165) is 17.0 Å². The number of carbonyl (C=O) groups excluding carboxylic acids is 1. The van der Waals surface area contributed by atoms with Crippen LogP contribution in [0.4, 0.5) is 18.9 Å². The second-order valence-electron chi connectivity index (χ2n) is 10.0. The van der Waals surface area contributed by atoms with Gasteiger partial charge in [-0.3, -0.25) is 10.1 Å². The van der Waals surface area contributed by atoms with Crippen molar-refractivity contribution < 1.29 is 22.7 Å². The Morgan fingerprint density at radius 2 is 1.51 bits per heavy atom. The minimum absolute atomic E-state index is 0.0266. The number of ether oxygens (including phenoxy) is 1. The van der Waals surface area contributed by atoms with Gasteiger partial charge in [0.1, 0.15) is 18.4 Å². The number of amides is 1. The van der Waals surface area contributed by atoms with Crippen molar-refractivity contribution in [3.8, 4) is 5.75 Å². The number of carbonyl (C=O) groups is 1. The van der Waals surface area contributed by atoms with Crippen LogP contribution in [0.15, 0.2) is 84.9 Å². The van der Waals surface area contributed by atoms with Crippen LogP contribution < -0.4 is 20.7 Å². The third-order valence-electron chi connectivity index (χ3n) is 6.35. The van der Waals surface area contributed by atoms with Gasteiger partial charge in [0.2, 0.25) is 5.91 Å². The highest BCUT2D eigenvalue weighted by Crippen LogP contribution is 2.33. The maximum atomic E-state index is 14.0. The maximum absolute atomic E-state index is 14.0. The van der Waals surface area contributed by atoms with Gasteiger partial charge < -0.3 is 15.4 Å². The highest BCUT2D eigenvalue weighted by atomic mass is 19.4. The number of benzene rings is 3. The molecule has 3 aromatic rings. The van der Waals surface area contributed by atoms with Crippen LogP contribution in [0.2, 0.25) is 0 Å². The lowest BCUT2D eigenvalue weighted by atomic mass is 9.99. The van der Waals surface area contributed by atoms with Crippen molar-refractivity contribution in [2.45, 2.75) is 64.5 Å². The minimum Gasteiger partial charge on any atom is -0.489 e. The molecule has 3 rings (SSSR count). The van der Waals surface area contributed by atoms with Crippen molar-refractivity contribution in [2.75, 3.05) is 11.9 Å². The van der Waals surface area contributed by atoms with Gasteiger partial charge in [0.25, 0.3) is 0 Å². The number of alkyl halides is 3. The van der Waals surface area contributed by atoms with E-state index in [1.54, 1.807) is 18.2 Å². The zero-order valence-corrected chi connectivity index (χ0v) is 22.7. The Hall–Kier alpha value is -3.52. The van der Waals surface area contributed by atoms with E-state index in [0.29, 0.717) is 19.6 Å². The molecule has 0 heterocycles. The lowest BCUT2D eigenvalue weighted by Gasteiger charge is -2.29. The molecule has 0 spiro atoms. The van der Waals surface area contributed by atoms with E-state index in [-0.39, 0.29) is 23.9 Å². The molecule has 210 valence electrons. The molecule has 0 aliphatic heterocycles. The van der Waals surface area contributed by atoms with Crippen LogP contribution in [0.5, 0.6) is 5.75 Å². The molecule has 0 aromatic heterocycles. The van der Waals surface area contributed by atoms with Gasteiger partial charge in [-0.1, -0.05) is 81.4 Å². The minimum atomic E-state index is -4.54. The van der Waals surface area contributed by atoms with Crippen molar-refractivity contribution in [2.24, 2.45) is 5.92 Å². The molecule has 39 heavy (non-hydrogen) atoms. The fourth-order valence-corrected chi connectivity index (χ4v) is 4.20. The molecule has 8 heteroatoms. The second-order valence-corrected chi connectivity index (χ2v) is 10.0. The monoisotopic (exact) mass is 541 g/mol. The van der Waals surface area contributed by atoms with Crippen molar-refractivity contribution in [1.82, 2.24) is 10.6 Å². The Morgan fingerprint density at radius 1 is 0.897 bits per heavy atom. The third-order valence-corrected chi connectivity index (χ3v) is 6.35. The van der Waals surface area contributed by atoms with Crippen molar-refractivity contribution in [1.29, 1.82) is 0 Å². The summed E-state index contributed by atoms with van der Waals surface area (Å²) in [5, 5.41) is 8.85. The Morgan fingerprint density at radius 3 is 2.08 bits per heavy atom. The van der Waals surface area contributed by atoms with E-state index in [4.69, 9.17) is 4.74 Å². The molecule has 0 aliphatic rings. The molecule has 0 fully saturated rings. The van der Waals surface area contributed by atoms with Crippen LogP contribution in [0.25, 0.3) is 0 Å². The summed E-state index contributed by atoms with van der Waals surface area (Å²) in [5.41, 5.74) is 2.01. The second kappa shape index (κ2) is 14.6. The molecule has 3 N–H and O–H groups in total. The average Bonchev–Trinajstić information content (AvgIpc) is 2.92. The summed E-state index contributed by atoms with van der Waals surface area (Å²) in [6.07, 6.45) is -3.65. The Kier molecular flexibility index (Phi) is 11.2. The Labute approximate surface area is 229 Å². The van der Waals surface area contributed by atoms with Crippen molar-refractivity contribution in [3.05, 3.63) is 96.1 Å².